The lowest BCUT2D eigenvalue weighted by Gasteiger charge is -2.10. The molecule has 0 fully saturated rings. The number of aryl methyl sites for hydroxylation is 2. The standard InChI is InChI=1S/C19H23NO2/c1-3-22-18-11-7-6-9-16(18)12-13-19(21)20-14-17-10-5-4-8-15(17)2/h4-11H,3,12-14H2,1-2H3,(H,20,21). The van der Waals surface area contributed by atoms with E-state index in [-0.39, 0.29) is 5.91 Å². The Kier molecular flexibility index (Phi) is 6.01. The molecule has 0 radical (unpaired) electrons. The lowest BCUT2D eigenvalue weighted by atomic mass is 10.1. The third-order valence-corrected chi connectivity index (χ3v) is 3.63. The first-order chi connectivity index (χ1) is 10.7. The molecule has 0 heterocycles. The summed E-state index contributed by atoms with van der Waals surface area (Å²) in [5.74, 6) is 0.936. The van der Waals surface area contributed by atoms with E-state index in [0.717, 1.165) is 16.9 Å². The quantitative estimate of drug-likeness (QED) is 0.847. The molecule has 2 aromatic carbocycles. The summed E-state index contributed by atoms with van der Waals surface area (Å²) < 4.78 is 5.58. The first-order valence-corrected chi connectivity index (χ1v) is 7.72. The minimum absolute atomic E-state index is 0.0644. The molecule has 0 aliphatic carbocycles. The van der Waals surface area contributed by atoms with Gasteiger partial charge in [-0.25, -0.2) is 0 Å². The summed E-state index contributed by atoms with van der Waals surface area (Å²) in [6, 6.07) is 16.0. The van der Waals surface area contributed by atoms with Gasteiger partial charge in [0.05, 0.1) is 6.61 Å². The van der Waals surface area contributed by atoms with Gasteiger partial charge in [-0.2, -0.15) is 0 Å². The van der Waals surface area contributed by atoms with Gasteiger partial charge in [-0.3, -0.25) is 4.79 Å². The van der Waals surface area contributed by atoms with Crippen LogP contribution in [0.2, 0.25) is 0 Å². The number of carbonyl (C=O) groups excluding carboxylic acids is 1. The van der Waals surface area contributed by atoms with Crippen LogP contribution in [0.4, 0.5) is 0 Å². The highest BCUT2D eigenvalue weighted by Gasteiger charge is 2.07. The van der Waals surface area contributed by atoms with Crippen LogP contribution >= 0.6 is 0 Å². The lowest BCUT2D eigenvalue weighted by molar-refractivity contribution is -0.121. The van der Waals surface area contributed by atoms with Crippen LogP contribution in [0, 0.1) is 6.92 Å². The Morgan fingerprint density at radius 3 is 2.45 bits per heavy atom. The molecular weight excluding hydrogens is 274 g/mol. The van der Waals surface area contributed by atoms with E-state index in [1.807, 2.05) is 49.4 Å². The topological polar surface area (TPSA) is 38.3 Å². The van der Waals surface area contributed by atoms with Crippen LogP contribution in [0.15, 0.2) is 48.5 Å². The Balaban J connectivity index is 1.84. The van der Waals surface area contributed by atoms with Crippen LogP contribution in [-0.4, -0.2) is 12.5 Å². The first kappa shape index (κ1) is 16.1. The van der Waals surface area contributed by atoms with Crippen molar-refractivity contribution in [2.75, 3.05) is 6.61 Å². The van der Waals surface area contributed by atoms with E-state index >= 15 is 0 Å². The minimum Gasteiger partial charge on any atom is -0.494 e. The van der Waals surface area contributed by atoms with Crippen molar-refractivity contribution < 1.29 is 9.53 Å². The monoisotopic (exact) mass is 297 g/mol. The zero-order chi connectivity index (χ0) is 15.8. The van der Waals surface area contributed by atoms with Gasteiger partial charge in [-0.1, -0.05) is 42.5 Å². The van der Waals surface area contributed by atoms with Crippen LogP contribution in [-0.2, 0) is 17.8 Å². The number of hydrogen-bond donors (Lipinski definition) is 1. The molecule has 2 aromatic rings. The van der Waals surface area contributed by atoms with Gasteiger partial charge >= 0.3 is 0 Å². The maximum absolute atomic E-state index is 12.0. The van der Waals surface area contributed by atoms with Gasteiger partial charge in [0.1, 0.15) is 5.75 Å². The van der Waals surface area contributed by atoms with Gasteiger partial charge in [0.15, 0.2) is 0 Å². The van der Waals surface area contributed by atoms with Crippen molar-refractivity contribution in [2.24, 2.45) is 0 Å². The molecule has 0 aliphatic heterocycles. The van der Waals surface area contributed by atoms with Crippen molar-refractivity contribution >= 4 is 5.91 Å². The fourth-order valence-electron chi connectivity index (χ4n) is 2.35. The smallest absolute Gasteiger partial charge is 0.220 e. The van der Waals surface area contributed by atoms with Gasteiger partial charge in [0.25, 0.3) is 0 Å². The van der Waals surface area contributed by atoms with Crippen molar-refractivity contribution in [2.45, 2.75) is 33.2 Å². The molecule has 1 N–H and O–H groups in total. The number of ether oxygens (including phenoxy) is 1. The second-order valence-corrected chi connectivity index (χ2v) is 5.24. The molecular formula is C19H23NO2. The average Bonchev–Trinajstić information content (AvgIpc) is 2.53. The van der Waals surface area contributed by atoms with Gasteiger partial charge in [0.2, 0.25) is 5.91 Å². The number of nitrogens with one attached hydrogen (secondary N) is 1. The van der Waals surface area contributed by atoms with Crippen LogP contribution < -0.4 is 10.1 Å². The maximum Gasteiger partial charge on any atom is 0.220 e. The summed E-state index contributed by atoms with van der Waals surface area (Å²) in [4.78, 5) is 12.0. The molecule has 3 nitrogen and oxygen atoms in total. The molecule has 22 heavy (non-hydrogen) atoms. The van der Waals surface area contributed by atoms with E-state index in [9.17, 15) is 4.79 Å². The van der Waals surface area contributed by atoms with Gasteiger partial charge in [-0.15, -0.1) is 0 Å². The summed E-state index contributed by atoms with van der Waals surface area (Å²) >= 11 is 0. The molecule has 0 unspecified atom stereocenters. The normalized spacial score (nSPS) is 10.3. The second kappa shape index (κ2) is 8.23. The number of carbonyl (C=O) groups is 1. The molecule has 0 atom stereocenters. The van der Waals surface area contributed by atoms with E-state index in [0.29, 0.717) is 26.0 Å². The van der Waals surface area contributed by atoms with Crippen LogP contribution in [0.5, 0.6) is 5.75 Å². The highest BCUT2D eigenvalue weighted by Crippen LogP contribution is 2.19. The number of hydrogen-bond acceptors (Lipinski definition) is 2. The van der Waals surface area contributed by atoms with E-state index in [2.05, 4.69) is 18.3 Å². The molecule has 0 saturated carbocycles. The van der Waals surface area contributed by atoms with Crippen molar-refractivity contribution in [1.29, 1.82) is 0 Å². The minimum atomic E-state index is 0.0644. The second-order valence-electron chi connectivity index (χ2n) is 5.24. The molecule has 3 heteroatoms. The first-order valence-electron chi connectivity index (χ1n) is 7.72. The SMILES string of the molecule is CCOc1ccccc1CCC(=O)NCc1ccccc1C. The number of rotatable bonds is 7. The van der Waals surface area contributed by atoms with Gasteiger partial charge < -0.3 is 10.1 Å². The van der Waals surface area contributed by atoms with Crippen molar-refractivity contribution in [3.63, 3.8) is 0 Å². The fraction of sp³-hybridized carbons (Fsp3) is 0.316. The van der Waals surface area contributed by atoms with E-state index in [1.165, 1.54) is 5.56 Å². The van der Waals surface area contributed by atoms with Gasteiger partial charge in [0, 0.05) is 13.0 Å². The van der Waals surface area contributed by atoms with Crippen LogP contribution in [0.25, 0.3) is 0 Å². The van der Waals surface area contributed by atoms with E-state index in [1.54, 1.807) is 0 Å². The number of benzene rings is 2. The molecule has 0 spiro atoms. The summed E-state index contributed by atoms with van der Waals surface area (Å²) in [5.41, 5.74) is 3.44. The van der Waals surface area contributed by atoms with Crippen molar-refractivity contribution in [3.05, 3.63) is 65.2 Å². The highest BCUT2D eigenvalue weighted by molar-refractivity contribution is 5.76. The largest absolute Gasteiger partial charge is 0.494 e. The summed E-state index contributed by atoms with van der Waals surface area (Å²) in [6.07, 6.45) is 1.16. The Morgan fingerprint density at radius 2 is 1.73 bits per heavy atom. The zero-order valence-electron chi connectivity index (χ0n) is 13.3. The third kappa shape index (κ3) is 4.62. The Bertz CT molecular complexity index is 622. The molecule has 0 aromatic heterocycles. The van der Waals surface area contributed by atoms with Crippen molar-refractivity contribution in [1.82, 2.24) is 5.32 Å². The number of para-hydroxylation sites is 1. The molecule has 0 aliphatic rings. The predicted molar refractivity (Wildman–Crippen MR) is 89.0 cm³/mol. The summed E-state index contributed by atoms with van der Waals surface area (Å²) in [7, 11) is 0. The Labute approximate surface area is 132 Å². The van der Waals surface area contributed by atoms with Crippen LogP contribution in [0.1, 0.15) is 30.0 Å². The molecule has 1 amide bonds. The molecule has 2 rings (SSSR count). The summed E-state index contributed by atoms with van der Waals surface area (Å²) in [6.45, 7) is 5.24. The fourth-order valence-corrected chi connectivity index (χ4v) is 2.35. The lowest BCUT2D eigenvalue weighted by Crippen LogP contribution is -2.23. The number of amides is 1. The van der Waals surface area contributed by atoms with Gasteiger partial charge in [-0.05, 0) is 43.0 Å². The maximum atomic E-state index is 12.0. The highest BCUT2D eigenvalue weighted by atomic mass is 16.5. The van der Waals surface area contributed by atoms with Crippen LogP contribution in [0.3, 0.4) is 0 Å². The Morgan fingerprint density at radius 1 is 1.05 bits per heavy atom. The third-order valence-electron chi connectivity index (χ3n) is 3.63. The molecule has 0 bridgehead atoms. The Hall–Kier alpha value is -2.29. The summed E-state index contributed by atoms with van der Waals surface area (Å²) in [5, 5.41) is 2.98. The molecule has 0 saturated heterocycles. The predicted octanol–water partition coefficient (Wildman–Crippen LogP) is 3.64. The van der Waals surface area contributed by atoms with E-state index in [4.69, 9.17) is 4.74 Å². The zero-order valence-corrected chi connectivity index (χ0v) is 13.3. The average molecular weight is 297 g/mol. The van der Waals surface area contributed by atoms with Crippen molar-refractivity contribution in [3.8, 4) is 5.75 Å². The van der Waals surface area contributed by atoms with E-state index < -0.39 is 0 Å². The molecule has 116 valence electrons.